The lowest BCUT2D eigenvalue weighted by Gasteiger charge is -2.31. The Balaban J connectivity index is 1.63. The molecule has 0 atom stereocenters. The van der Waals surface area contributed by atoms with Gasteiger partial charge in [-0.1, -0.05) is 50.1 Å². The maximum atomic E-state index is 6.48. The first-order valence-electron chi connectivity index (χ1n) is 8.37. The average molecular weight is 277 g/mol. The maximum absolute atomic E-state index is 6.48. The van der Waals surface area contributed by atoms with Gasteiger partial charge in [0.15, 0.2) is 5.82 Å². The van der Waals surface area contributed by atoms with Gasteiger partial charge in [0, 0.05) is 17.9 Å². The molecule has 2 aliphatic carbocycles. The summed E-state index contributed by atoms with van der Waals surface area (Å²) in [5, 5.41) is 4.24. The summed E-state index contributed by atoms with van der Waals surface area (Å²) in [6.45, 7) is 0. The number of rotatable bonds is 3. The second-order valence-electron chi connectivity index (χ2n) is 6.83. The summed E-state index contributed by atoms with van der Waals surface area (Å²) in [7, 11) is 0. The van der Waals surface area contributed by atoms with E-state index < -0.39 is 0 Å². The molecule has 2 fully saturated rings. The van der Waals surface area contributed by atoms with E-state index in [1.165, 1.54) is 57.8 Å². The molecular weight excluding hydrogens is 250 g/mol. The largest absolute Gasteiger partial charge is 0.339 e. The highest BCUT2D eigenvalue weighted by molar-refractivity contribution is 5.01. The molecule has 1 aromatic heterocycles. The summed E-state index contributed by atoms with van der Waals surface area (Å²) >= 11 is 0. The Bertz CT molecular complexity index is 415. The molecule has 0 unspecified atom stereocenters. The van der Waals surface area contributed by atoms with Gasteiger partial charge in [0.1, 0.15) is 0 Å². The Morgan fingerprint density at radius 1 is 1.00 bits per heavy atom. The minimum atomic E-state index is -0.106. The Morgan fingerprint density at radius 3 is 2.35 bits per heavy atom. The second kappa shape index (κ2) is 6.25. The minimum Gasteiger partial charge on any atom is -0.339 e. The molecule has 4 nitrogen and oxygen atoms in total. The van der Waals surface area contributed by atoms with Gasteiger partial charge in [0.05, 0.1) is 0 Å². The highest BCUT2D eigenvalue weighted by atomic mass is 16.5. The van der Waals surface area contributed by atoms with Gasteiger partial charge in [0.2, 0.25) is 5.89 Å². The highest BCUT2D eigenvalue weighted by Crippen LogP contribution is 2.32. The van der Waals surface area contributed by atoms with Crippen LogP contribution in [0.4, 0.5) is 0 Å². The van der Waals surface area contributed by atoms with E-state index in [9.17, 15) is 0 Å². The van der Waals surface area contributed by atoms with E-state index in [1.807, 2.05) is 0 Å². The molecular formula is C16H27N3O. The molecule has 2 aliphatic rings. The second-order valence-corrected chi connectivity index (χ2v) is 6.83. The monoisotopic (exact) mass is 277 g/mol. The molecule has 1 aromatic rings. The van der Waals surface area contributed by atoms with Crippen LogP contribution in [-0.2, 0) is 6.42 Å². The molecule has 2 saturated carbocycles. The van der Waals surface area contributed by atoms with E-state index in [-0.39, 0.29) is 5.54 Å². The first-order valence-corrected chi connectivity index (χ1v) is 8.37. The molecule has 0 radical (unpaired) electrons. The SMILES string of the molecule is NC1(Cc2nc(C3CCCCCC3)no2)CCCCC1. The third-order valence-corrected chi connectivity index (χ3v) is 5.06. The van der Waals surface area contributed by atoms with Crippen LogP contribution in [0.15, 0.2) is 4.52 Å². The fourth-order valence-corrected chi connectivity index (χ4v) is 3.78. The van der Waals surface area contributed by atoms with E-state index in [4.69, 9.17) is 10.3 Å². The van der Waals surface area contributed by atoms with E-state index in [0.29, 0.717) is 5.92 Å². The third-order valence-electron chi connectivity index (χ3n) is 5.06. The molecule has 3 rings (SSSR count). The van der Waals surface area contributed by atoms with Crippen molar-refractivity contribution >= 4 is 0 Å². The predicted octanol–water partition coefficient (Wildman–Crippen LogP) is 3.71. The van der Waals surface area contributed by atoms with Crippen LogP contribution in [0.5, 0.6) is 0 Å². The molecule has 0 aromatic carbocycles. The lowest BCUT2D eigenvalue weighted by atomic mass is 9.80. The zero-order chi connectivity index (χ0) is 13.8. The zero-order valence-electron chi connectivity index (χ0n) is 12.4. The fourth-order valence-electron chi connectivity index (χ4n) is 3.78. The number of hydrogen-bond acceptors (Lipinski definition) is 4. The topological polar surface area (TPSA) is 64.9 Å². The van der Waals surface area contributed by atoms with Crippen LogP contribution < -0.4 is 5.73 Å². The Kier molecular flexibility index (Phi) is 4.39. The molecule has 2 N–H and O–H groups in total. The lowest BCUT2D eigenvalue weighted by molar-refractivity contribution is 0.260. The first kappa shape index (κ1) is 14.1. The van der Waals surface area contributed by atoms with Crippen molar-refractivity contribution in [1.82, 2.24) is 10.1 Å². The van der Waals surface area contributed by atoms with Crippen LogP contribution in [0.1, 0.15) is 88.3 Å². The molecule has 1 heterocycles. The smallest absolute Gasteiger partial charge is 0.228 e. The minimum absolute atomic E-state index is 0.106. The maximum Gasteiger partial charge on any atom is 0.228 e. The van der Waals surface area contributed by atoms with Crippen LogP contribution in [0, 0.1) is 0 Å². The zero-order valence-corrected chi connectivity index (χ0v) is 12.4. The number of nitrogens with two attached hydrogens (primary N) is 1. The Hall–Kier alpha value is -0.900. The molecule has 4 heteroatoms. The number of nitrogens with zero attached hydrogens (tertiary/aromatic N) is 2. The van der Waals surface area contributed by atoms with Crippen LogP contribution in [0.25, 0.3) is 0 Å². The summed E-state index contributed by atoms with van der Waals surface area (Å²) < 4.78 is 5.49. The normalized spacial score (nSPS) is 24.4. The lowest BCUT2D eigenvalue weighted by Crippen LogP contribution is -2.43. The molecule has 0 saturated heterocycles. The van der Waals surface area contributed by atoms with Gasteiger partial charge in [-0.25, -0.2) is 0 Å². The summed E-state index contributed by atoms with van der Waals surface area (Å²) in [4.78, 5) is 4.66. The van der Waals surface area contributed by atoms with Crippen molar-refractivity contribution in [2.24, 2.45) is 5.73 Å². The Labute approximate surface area is 121 Å². The van der Waals surface area contributed by atoms with Gasteiger partial charge in [-0.05, 0) is 25.7 Å². The van der Waals surface area contributed by atoms with Gasteiger partial charge in [0.25, 0.3) is 0 Å². The molecule has 0 amide bonds. The van der Waals surface area contributed by atoms with Crippen molar-refractivity contribution in [3.05, 3.63) is 11.7 Å². The van der Waals surface area contributed by atoms with Crippen molar-refractivity contribution < 1.29 is 4.52 Å². The fraction of sp³-hybridized carbons (Fsp3) is 0.875. The summed E-state index contributed by atoms with van der Waals surface area (Å²) in [5.41, 5.74) is 6.37. The molecule has 20 heavy (non-hydrogen) atoms. The van der Waals surface area contributed by atoms with Crippen LogP contribution in [0.3, 0.4) is 0 Å². The summed E-state index contributed by atoms with van der Waals surface area (Å²) in [5.74, 6) is 2.20. The van der Waals surface area contributed by atoms with E-state index in [1.54, 1.807) is 0 Å². The number of aromatic nitrogens is 2. The molecule has 0 spiro atoms. The predicted molar refractivity (Wildman–Crippen MR) is 78.4 cm³/mol. The van der Waals surface area contributed by atoms with Gasteiger partial charge >= 0.3 is 0 Å². The van der Waals surface area contributed by atoms with Crippen LogP contribution >= 0.6 is 0 Å². The molecule has 0 aliphatic heterocycles. The highest BCUT2D eigenvalue weighted by Gasteiger charge is 2.30. The van der Waals surface area contributed by atoms with Gasteiger partial charge in [-0.3, -0.25) is 0 Å². The van der Waals surface area contributed by atoms with Gasteiger partial charge in [-0.2, -0.15) is 4.98 Å². The Morgan fingerprint density at radius 2 is 1.65 bits per heavy atom. The first-order chi connectivity index (χ1) is 9.75. The molecule has 112 valence electrons. The van der Waals surface area contributed by atoms with Crippen molar-refractivity contribution in [3.8, 4) is 0 Å². The van der Waals surface area contributed by atoms with Crippen molar-refractivity contribution in [2.45, 2.75) is 88.5 Å². The van der Waals surface area contributed by atoms with Gasteiger partial charge < -0.3 is 10.3 Å². The molecule has 0 bridgehead atoms. The van der Waals surface area contributed by atoms with Crippen molar-refractivity contribution in [3.63, 3.8) is 0 Å². The van der Waals surface area contributed by atoms with Crippen molar-refractivity contribution in [1.29, 1.82) is 0 Å². The quantitative estimate of drug-likeness (QED) is 0.855. The third kappa shape index (κ3) is 3.40. The van der Waals surface area contributed by atoms with Crippen LogP contribution in [0.2, 0.25) is 0 Å². The number of hydrogen-bond donors (Lipinski definition) is 1. The summed E-state index contributed by atoms with van der Waals surface area (Å²) in [6.07, 6.45) is 14.5. The van der Waals surface area contributed by atoms with E-state index in [2.05, 4.69) is 10.1 Å². The van der Waals surface area contributed by atoms with Gasteiger partial charge in [-0.15, -0.1) is 0 Å². The summed E-state index contributed by atoms with van der Waals surface area (Å²) in [6, 6.07) is 0. The van der Waals surface area contributed by atoms with Crippen LogP contribution in [-0.4, -0.2) is 15.7 Å². The van der Waals surface area contributed by atoms with Crippen molar-refractivity contribution in [2.75, 3.05) is 0 Å². The van der Waals surface area contributed by atoms with E-state index >= 15 is 0 Å². The average Bonchev–Trinajstić information content (AvgIpc) is 2.73. The van der Waals surface area contributed by atoms with E-state index in [0.717, 1.165) is 31.0 Å². The standard InChI is InChI=1S/C16H27N3O/c17-16(10-6-3-7-11-16)12-14-18-15(19-20-14)13-8-4-1-2-5-9-13/h13H,1-12,17H2.